The first-order chi connectivity index (χ1) is 12.8. The van der Waals surface area contributed by atoms with Crippen LogP contribution < -0.4 is 0 Å². The van der Waals surface area contributed by atoms with E-state index in [0.717, 1.165) is 0 Å². The molecule has 0 unspecified atom stereocenters. The number of hydrogen-bond donors (Lipinski definition) is 1. The lowest BCUT2D eigenvalue weighted by atomic mass is 9.68. The van der Waals surface area contributed by atoms with Gasteiger partial charge in [-0.1, -0.05) is 6.08 Å². The van der Waals surface area contributed by atoms with Gasteiger partial charge in [0.2, 0.25) is 5.78 Å². The monoisotopic (exact) mass is 414 g/mol. The standard InChI is InChI=1S/C19H26O6S2/c1-23-13-8-12-15(17(24-2,9-26-4)16(13)21)11-6-7-14(20)19(12,22)18(11,25-3)10-27-5/h6-8,11-12,15,22H,9-10H2,1-5H3/t11-,12+,15+,17+,18+,19+/m1/s1. The summed E-state index contributed by atoms with van der Waals surface area (Å²) in [5, 5.41) is 11.8. The summed E-state index contributed by atoms with van der Waals surface area (Å²) in [7, 11) is 4.44. The molecule has 0 spiro atoms. The molecule has 27 heavy (non-hydrogen) atoms. The average molecular weight is 415 g/mol. The molecular weight excluding hydrogens is 388 g/mol. The van der Waals surface area contributed by atoms with Crippen LogP contribution in [0, 0.1) is 17.8 Å². The summed E-state index contributed by atoms with van der Waals surface area (Å²) in [5.74, 6) is -1.19. The van der Waals surface area contributed by atoms with Crippen molar-refractivity contribution < 1.29 is 28.9 Å². The van der Waals surface area contributed by atoms with Crippen molar-refractivity contribution in [1.82, 2.24) is 0 Å². The van der Waals surface area contributed by atoms with E-state index in [1.165, 1.54) is 50.9 Å². The first-order valence-corrected chi connectivity index (χ1v) is 11.5. The minimum atomic E-state index is -1.79. The van der Waals surface area contributed by atoms with Gasteiger partial charge in [0.1, 0.15) is 11.2 Å². The summed E-state index contributed by atoms with van der Waals surface area (Å²) in [4.78, 5) is 26.3. The van der Waals surface area contributed by atoms with Gasteiger partial charge in [-0.05, 0) is 24.7 Å². The molecule has 0 aliphatic heterocycles. The number of Topliss-reactive ketones (excluding diaryl/α,β-unsaturated/α-hetero) is 1. The lowest BCUT2D eigenvalue weighted by Gasteiger charge is -2.45. The Morgan fingerprint density at radius 3 is 2.26 bits per heavy atom. The van der Waals surface area contributed by atoms with Gasteiger partial charge in [-0.25, -0.2) is 0 Å². The van der Waals surface area contributed by atoms with Crippen LogP contribution in [0.25, 0.3) is 0 Å². The van der Waals surface area contributed by atoms with E-state index >= 15 is 0 Å². The molecule has 0 radical (unpaired) electrons. The number of aliphatic hydroxyl groups is 1. The van der Waals surface area contributed by atoms with Crippen LogP contribution in [0.1, 0.15) is 0 Å². The van der Waals surface area contributed by atoms with Gasteiger partial charge in [-0.3, -0.25) is 9.59 Å². The van der Waals surface area contributed by atoms with Crippen molar-refractivity contribution in [2.45, 2.75) is 16.8 Å². The zero-order chi connectivity index (χ0) is 20.0. The minimum Gasteiger partial charge on any atom is -0.493 e. The van der Waals surface area contributed by atoms with Crippen LogP contribution in [0.2, 0.25) is 0 Å². The largest absolute Gasteiger partial charge is 0.493 e. The molecule has 150 valence electrons. The first-order valence-electron chi connectivity index (χ1n) is 8.68. The molecule has 0 aromatic heterocycles. The zero-order valence-corrected chi connectivity index (χ0v) is 17.8. The van der Waals surface area contributed by atoms with Gasteiger partial charge >= 0.3 is 0 Å². The van der Waals surface area contributed by atoms with Crippen molar-refractivity contribution in [3.8, 4) is 0 Å². The predicted octanol–water partition coefficient (Wildman–Crippen LogP) is 1.33. The molecule has 1 saturated carbocycles. The van der Waals surface area contributed by atoms with E-state index in [1.807, 2.05) is 12.5 Å². The highest BCUT2D eigenvalue weighted by molar-refractivity contribution is 7.98. The molecule has 6 nitrogen and oxygen atoms in total. The van der Waals surface area contributed by atoms with Gasteiger partial charge in [-0.15, -0.1) is 0 Å². The van der Waals surface area contributed by atoms with E-state index in [4.69, 9.17) is 14.2 Å². The SMILES string of the molecule is COC1=C[C@H]2[C@H]([C@H]3C=CC(=O)[C@]2(O)[C@@]3(CSC)OC)[C@](CSC)(OC)C1=O. The van der Waals surface area contributed by atoms with Crippen molar-refractivity contribution in [2.24, 2.45) is 17.8 Å². The predicted molar refractivity (Wildman–Crippen MR) is 106 cm³/mol. The summed E-state index contributed by atoms with van der Waals surface area (Å²) >= 11 is 2.99. The molecule has 0 aromatic rings. The summed E-state index contributed by atoms with van der Waals surface area (Å²) in [5.41, 5.74) is -4.15. The van der Waals surface area contributed by atoms with Crippen molar-refractivity contribution in [3.05, 3.63) is 24.0 Å². The number of ketones is 2. The highest BCUT2D eigenvalue weighted by Gasteiger charge is 2.77. The molecule has 3 rings (SSSR count). The molecule has 0 saturated heterocycles. The van der Waals surface area contributed by atoms with Crippen molar-refractivity contribution in [3.63, 3.8) is 0 Å². The molecule has 2 bridgehead atoms. The van der Waals surface area contributed by atoms with Crippen molar-refractivity contribution in [1.29, 1.82) is 0 Å². The maximum Gasteiger partial charge on any atom is 0.229 e. The first kappa shape index (κ1) is 20.9. The Labute approximate surface area is 168 Å². The summed E-state index contributed by atoms with van der Waals surface area (Å²) in [6.07, 6.45) is 8.61. The molecule has 1 fully saturated rings. The average Bonchev–Trinajstić information content (AvgIpc) is 2.80. The van der Waals surface area contributed by atoms with Crippen LogP contribution in [0.3, 0.4) is 0 Å². The number of thioether (sulfide) groups is 2. The molecule has 3 aliphatic carbocycles. The Hall–Kier alpha value is -0.800. The third-order valence-electron chi connectivity index (χ3n) is 6.41. The summed E-state index contributed by atoms with van der Waals surface area (Å²) in [6, 6.07) is 0. The number of fused-ring (bicyclic) bond motifs is 5. The van der Waals surface area contributed by atoms with E-state index < -0.39 is 34.4 Å². The summed E-state index contributed by atoms with van der Waals surface area (Å²) < 4.78 is 17.1. The molecule has 0 heterocycles. The second-order valence-corrected chi connectivity index (χ2v) is 8.92. The minimum absolute atomic E-state index is 0.120. The van der Waals surface area contributed by atoms with E-state index in [-0.39, 0.29) is 17.5 Å². The molecule has 6 atom stereocenters. The van der Waals surface area contributed by atoms with Crippen molar-refractivity contribution >= 4 is 35.1 Å². The second-order valence-electron chi connectivity index (χ2n) is 7.18. The molecule has 3 aliphatic rings. The fraction of sp³-hybridized carbons (Fsp3) is 0.684. The Morgan fingerprint density at radius 1 is 1.07 bits per heavy atom. The smallest absolute Gasteiger partial charge is 0.229 e. The van der Waals surface area contributed by atoms with Crippen LogP contribution >= 0.6 is 23.5 Å². The molecule has 0 aromatic carbocycles. The van der Waals surface area contributed by atoms with Gasteiger partial charge in [0, 0.05) is 43.5 Å². The highest BCUT2D eigenvalue weighted by atomic mass is 32.2. The number of carbonyl (C=O) groups is 2. The number of ether oxygens (including phenoxy) is 3. The summed E-state index contributed by atoms with van der Waals surface area (Å²) in [6.45, 7) is 0. The molecular formula is C19H26O6S2. The van der Waals surface area contributed by atoms with Crippen molar-refractivity contribution in [2.75, 3.05) is 45.3 Å². The molecule has 0 amide bonds. The number of hydrogen-bond acceptors (Lipinski definition) is 8. The van der Waals surface area contributed by atoms with Crippen LogP contribution in [0.5, 0.6) is 0 Å². The van der Waals surface area contributed by atoms with Crippen LogP contribution in [0.15, 0.2) is 24.0 Å². The van der Waals surface area contributed by atoms with E-state index in [2.05, 4.69) is 0 Å². The Bertz CT molecular complexity index is 706. The van der Waals surface area contributed by atoms with Gasteiger partial charge in [-0.2, -0.15) is 23.5 Å². The molecule has 8 heteroatoms. The Balaban J connectivity index is 2.32. The number of rotatable bonds is 7. The number of carbonyl (C=O) groups excluding carboxylic acids is 2. The topological polar surface area (TPSA) is 82.1 Å². The van der Waals surface area contributed by atoms with E-state index in [1.54, 1.807) is 12.2 Å². The second kappa shape index (κ2) is 7.22. The highest BCUT2D eigenvalue weighted by Crippen LogP contribution is 2.63. The Kier molecular flexibility index (Phi) is 5.60. The van der Waals surface area contributed by atoms with Crippen LogP contribution in [-0.2, 0) is 23.8 Å². The lowest BCUT2D eigenvalue weighted by Crippen LogP contribution is -2.64. The van der Waals surface area contributed by atoms with E-state index in [0.29, 0.717) is 11.5 Å². The normalized spacial score (nSPS) is 42.9. The van der Waals surface area contributed by atoms with Gasteiger partial charge in [0.15, 0.2) is 17.1 Å². The van der Waals surface area contributed by atoms with Crippen LogP contribution in [0.4, 0.5) is 0 Å². The van der Waals surface area contributed by atoms with Gasteiger partial charge in [0.25, 0.3) is 0 Å². The maximum atomic E-state index is 13.3. The maximum absolute atomic E-state index is 13.3. The Morgan fingerprint density at radius 2 is 1.74 bits per heavy atom. The van der Waals surface area contributed by atoms with Crippen LogP contribution in [-0.4, -0.2) is 78.8 Å². The third-order valence-corrected chi connectivity index (χ3v) is 7.85. The fourth-order valence-electron chi connectivity index (χ4n) is 5.27. The quantitative estimate of drug-likeness (QED) is 0.668. The zero-order valence-electron chi connectivity index (χ0n) is 16.2. The van der Waals surface area contributed by atoms with E-state index in [9.17, 15) is 14.7 Å². The molecule has 1 N–H and O–H groups in total. The fourth-order valence-corrected chi connectivity index (χ4v) is 7.10. The van der Waals surface area contributed by atoms with Gasteiger partial charge in [0.05, 0.1) is 7.11 Å². The third kappa shape index (κ3) is 2.40. The number of methoxy groups -OCH3 is 3. The lowest BCUT2D eigenvalue weighted by molar-refractivity contribution is -0.176. The van der Waals surface area contributed by atoms with Gasteiger partial charge < -0.3 is 19.3 Å².